The van der Waals surface area contributed by atoms with Crippen LogP contribution >= 0.6 is 0 Å². The molecule has 1 heterocycles. The Balaban J connectivity index is 2.97. The Hall–Kier alpha value is -0.920. The number of sulfonamides is 1. The second kappa shape index (κ2) is 7.19. The molecule has 1 rings (SSSR count). The Bertz CT molecular complexity index is 522. The van der Waals surface area contributed by atoms with Crippen LogP contribution in [0.4, 0.5) is 0 Å². The molecule has 0 spiro atoms. The van der Waals surface area contributed by atoms with E-state index in [4.69, 9.17) is 0 Å². The molecule has 0 aliphatic carbocycles. The Morgan fingerprint density at radius 3 is 2.60 bits per heavy atom. The third-order valence-electron chi connectivity index (χ3n) is 3.26. The maximum absolute atomic E-state index is 12.6. The molecule has 0 aliphatic rings. The number of aromatic amines is 1. The molecule has 1 aromatic rings. The van der Waals surface area contributed by atoms with Gasteiger partial charge in [0, 0.05) is 31.4 Å². The van der Waals surface area contributed by atoms with Gasteiger partial charge in [0.25, 0.3) is 10.0 Å². The van der Waals surface area contributed by atoms with Crippen LogP contribution in [0.15, 0.2) is 5.03 Å². The first-order valence-corrected chi connectivity index (χ1v) is 8.45. The second-order valence-electron chi connectivity index (χ2n) is 5.42. The van der Waals surface area contributed by atoms with Crippen molar-refractivity contribution in [3.05, 3.63) is 11.3 Å². The molecule has 0 bridgehead atoms. The van der Waals surface area contributed by atoms with Crippen molar-refractivity contribution in [1.29, 1.82) is 0 Å². The van der Waals surface area contributed by atoms with E-state index in [1.165, 1.54) is 4.31 Å². The lowest BCUT2D eigenvalue weighted by molar-refractivity contribution is 0.425. The fourth-order valence-electron chi connectivity index (χ4n) is 1.81. The van der Waals surface area contributed by atoms with E-state index in [0.29, 0.717) is 19.0 Å². The van der Waals surface area contributed by atoms with Crippen LogP contribution in [0.3, 0.4) is 0 Å². The van der Waals surface area contributed by atoms with Gasteiger partial charge in [-0.05, 0) is 25.8 Å². The van der Waals surface area contributed by atoms with Gasteiger partial charge in [-0.1, -0.05) is 20.8 Å². The molecule has 116 valence electrons. The summed E-state index contributed by atoms with van der Waals surface area (Å²) >= 11 is 0. The Kier molecular flexibility index (Phi) is 6.16. The predicted octanol–water partition coefficient (Wildman–Crippen LogP) is 1.49. The summed E-state index contributed by atoms with van der Waals surface area (Å²) in [5, 5.41) is 10.1. The highest BCUT2D eigenvalue weighted by molar-refractivity contribution is 7.89. The number of aryl methyl sites for hydroxylation is 1. The quantitative estimate of drug-likeness (QED) is 0.763. The standard InChI is InChI=1S/C13H26N4O2S/c1-6-14-9-12-11(4)15-16-13(12)20(18,19)17(5)8-7-10(2)3/h10,14H,6-9H2,1-5H3,(H,15,16). The number of rotatable bonds is 8. The summed E-state index contributed by atoms with van der Waals surface area (Å²) < 4.78 is 26.5. The monoisotopic (exact) mass is 302 g/mol. The molecular formula is C13H26N4O2S. The Labute approximate surface area is 122 Å². The summed E-state index contributed by atoms with van der Waals surface area (Å²) in [6.45, 7) is 9.78. The molecule has 6 nitrogen and oxygen atoms in total. The average molecular weight is 302 g/mol. The van der Waals surface area contributed by atoms with Crippen molar-refractivity contribution in [2.45, 2.75) is 45.7 Å². The van der Waals surface area contributed by atoms with E-state index in [9.17, 15) is 8.42 Å². The van der Waals surface area contributed by atoms with Gasteiger partial charge in [0.15, 0.2) is 5.03 Å². The number of aromatic nitrogens is 2. The molecule has 20 heavy (non-hydrogen) atoms. The fourth-order valence-corrected chi connectivity index (χ4v) is 3.15. The van der Waals surface area contributed by atoms with Gasteiger partial charge in [-0.3, -0.25) is 5.10 Å². The van der Waals surface area contributed by atoms with E-state index in [0.717, 1.165) is 24.2 Å². The lowest BCUT2D eigenvalue weighted by Gasteiger charge is -2.17. The van der Waals surface area contributed by atoms with Crippen LogP contribution in [0.5, 0.6) is 0 Å². The maximum atomic E-state index is 12.6. The molecule has 0 saturated heterocycles. The van der Waals surface area contributed by atoms with Crippen LogP contribution < -0.4 is 5.32 Å². The molecule has 0 amide bonds. The second-order valence-corrected chi connectivity index (χ2v) is 7.38. The van der Waals surface area contributed by atoms with E-state index in [2.05, 4.69) is 29.4 Å². The fraction of sp³-hybridized carbons (Fsp3) is 0.769. The van der Waals surface area contributed by atoms with Crippen molar-refractivity contribution >= 4 is 10.0 Å². The Morgan fingerprint density at radius 1 is 1.40 bits per heavy atom. The lowest BCUT2D eigenvalue weighted by Crippen LogP contribution is -2.30. The minimum Gasteiger partial charge on any atom is -0.313 e. The van der Waals surface area contributed by atoms with Crippen molar-refractivity contribution in [1.82, 2.24) is 19.8 Å². The SMILES string of the molecule is CCNCc1c(S(=O)(=O)N(C)CCC(C)C)n[nH]c1C. The van der Waals surface area contributed by atoms with Gasteiger partial charge in [0.2, 0.25) is 0 Å². The lowest BCUT2D eigenvalue weighted by atomic mass is 10.1. The van der Waals surface area contributed by atoms with E-state index < -0.39 is 10.0 Å². The summed E-state index contributed by atoms with van der Waals surface area (Å²) in [5.74, 6) is 0.467. The highest BCUT2D eigenvalue weighted by Gasteiger charge is 2.27. The molecule has 0 aromatic carbocycles. The smallest absolute Gasteiger partial charge is 0.262 e. The summed E-state index contributed by atoms with van der Waals surface area (Å²) in [5.41, 5.74) is 1.52. The van der Waals surface area contributed by atoms with Crippen molar-refractivity contribution in [3.8, 4) is 0 Å². The van der Waals surface area contributed by atoms with Crippen molar-refractivity contribution < 1.29 is 8.42 Å². The van der Waals surface area contributed by atoms with Crippen LogP contribution in [0.25, 0.3) is 0 Å². The van der Waals surface area contributed by atoms with Crippen LogP contribution in [-0.2, 0) is 16.6 Å². The predicted molar refractivity (Wildman–Crippen MR) is 80.0 cm³/mol. The number of hydrogen-bond donors (Lipinski definition) is 2. The summed E-state index contributed by atoms with van der Waals surface area (Å²) in [6.07, 6.45) is 0.835. The van der Waals surface area contributed by atoms with Gasteiger partial charge >= 0.3 is 0 Å². The highest BCUT2D eigenvalue weighted by atomic mass is 32.2. The zero-order chi connectivity index (χ0) is 15.3. The molecule has 0 atom stereocenters. The minimum absolute atomic E-state index is 0.141. The number of H-pyrrole nitrogens is 1. The third kappa shape index (κ3) is 4.04. The molecule has 0 radical (unpaired) electrons. The first-order valence-electron chi connectivity index (χ1n) is 7.01. The maximum Gasteiger partial charge on any atom is 0.262 e. The molecule has 0 unspecified atom stereocenters. The topological polar surface area (TPSA) is 78.1 Å². The van der Waals surface area contributed by atoms with Crippen LogP contribution in [-0.4, -0.2) is 43.1 Å². The summed E-state index contributed by atoms with van der Waals surface area (Å²) in [7, 11) is -1.91. The minimum atomic E-state index is -3.52. The molecule has 1 aromatic heterocycles. The third-order valence-corrected chi connectivity index (χ3v) is 5.09. The number of nitrogens with zero attached hydrogens (tertiary/aromatic N) is 2. The van der Waals surface area contributed by atoms with Crippen molar-refractivity contribution in [3.63, 3.8) is 0 Å². The zero-order valence-electron chi connectivity index (χ0n) is 13.0. The summed E-state index contributed by atoms with van der Waals surface area (Å²) in [6, 6.07) is 0. The zero-order valence-corrected chi connectivity index (χ0v) is 13.8. The van der Waals surface area contributed by atoms with Gasteiger partial charge in [-0.15, -0.1) is 0 Å². The average Bonchev–Trinajstić information content (AvgIpc) is 2.75. The van der Waals surface area contributed by atoms with E-state index in [1.54, 1.807) is 7.05 Å². The first kappa shape index (κ1) is 17.1. The van der Waals surface area contributed by atoms with Gasteiger partial charge in [0.1, 0.15) is 0 Å². The van der Waals surface area contributed by atoms with Crippen LogP contribution in [0.1, 0.15) is 38.4 Å². The normalized spacial score (nSPS) is 12.6. The molecule has 7 heteroatoms. The van der Waals surface area contributed by atoms with Gasteiger partial charge in [-0.25, -0.2) is 8.42 Å². The van der Waals surface area contributed by atoms with E-state index in [1.807, 2.05) is 13.8 Å². The summed E-state index contributed by atoms with van der Waals surface area (Å²) in [4.78, 5) is 0. The number of hydrogen-bond acceptors (Lipinski definition) is 4. The molecular weight excluding hydrogens is 276 g/mol. The first-order chi connectivity index (χ1) is 9.30. The number of nitrogens with one attached hydrogen (secondary N) is 2. The molecule has 0 saturated carbocycles. The van der Waals surface area contributed by atoms with Gasteiger partial charge < -0.3 is 5.32 Å². The highest BCUT2D eigenvalue weighted by Crippen LogP contribution is 2.20. The molecule has 0 fully saturated rings. The van der Waals surface area contributed by atoms with E-state index >= 15 is 0 Å². The Morgan fingerprint density at radius 2 is 2.05 bits per heavy atom. The molecule has 0 aliphatic heterocycles. The van der Waals surface area contributed by atoms with Crippen molar-refractivity contribution in [2.75, 3.05) is 20.1 Å². The van der Waals surface area contributed by atoms with E-state index in [-0.39, 0.29) is 5.03 Å². The van der Waals surface area contributed by atoms with Gasteiger partial charge in [-0.2, -0.15) is 9.40 Å². The van der Waals surface area contributed by atoms with Crippen molar-refractivity contribution in [2.24, 2.45) is 5.92 Å². The molecule has 2 N–H and O–H groups in total. The van der Waals surface area contributed by atoms with Crippen LogP contribution in [0, 0.1) is 12.8 Å². The van der Waals surface area contributed by atoms with Gasteiger partial charge in [0.05, 0.1) is 0 Å². The van der Waals surface area contributed by atoms with Crippen LogP contribution in [0.2, 0.25) is 0 Å². The largest absolute Gasteiger partial charge is 0.313 e.